The van der Waals surface area contributed by atoms with Crippen molar-refractivity contribution in [2.75, 3.05) is 0 Å². The molecule has 0 atom stereocenters. The van der Waals surface area contributed by atoms with Gasteiger partial charge in [0.1, 0.15) is 0 Å². The molecule has 0 N–H and O–H groups in total. The predicted molar refractivity (Wildman–Crippen MR) is 158 cm³/mol. The van der Waals surface area contributed by atoms with Crippen molar-refractivity contribution in [2.45, 2.75) is 0 Å². The summed E-state index contributed by atoms with van der Waals surface area (Å²) in [6.45, 7) is 0. The van der Waals surface area contributed by atoms with E-state index in [0.717, 1.165) is 56.3 Å². The van der Waals surface area contributed by atoms with Crippen molar-refractivity contribution in [1.82, 2.24) is 33.4 Å². The van der Waals surface area contributed by atoms with E-state index < -0.39 is 0 Å². The second-order valence-corrected chi connectivity index (χ2v) is 9.97. The van der Waals surface area contributed by atoms with Gasteiger partial charge in [0.15, 0.2) is 22.8 Å². The number of aromatic nitrogens is 7. The lowest BCUT2D eigenvalue weighted by molar-refractivity contribution is 0.824. The molecular formula is C33H21N7. The molecule has 0 saturated heterocycles. The zero-order valence-corrected chi connectivity index (χ0v) is 21.3. The monoisotopic (exact) mass is 515 g/mol. The van der Waals surface area contributed by atoms with Crippen molar-refractivity contribution in [3.8, 4) is 28.3 Å². The fourth-order valence-corrected chi connectivity index (χ4v) is 5.84. The van der Waals surface area contributed by atoms with Crippen LogP contribution in [0.15, 0.2) is 127 Å². The maximum atomic E-state index is 5.18. The summed E-state index contributed by atoms with van der Waals surface area (Å²) in [5.41, 5.74) is 8.70. The normalized spacial score (nSPS) is 12.0. The molecule has 4 aromatic carbocycles. The molecular weight excluding hydrogens is 494 g/mol. The summed E-state index contributed by atoms with van der Waals surface area (Å²) in [5.74, 6) is 0.825. The molecule has 0 saturated carbocycles. The Labute approximate surface area is 227 Å². The van der Waals surface area contributed by atoms with Crippen molar-refractivity contribution in [3.05, 3.63) is 127 Å². The molecule has 9 aromatic rings. The first-order chi connectivity index (χ1) is 19.8. The smallest absolute Gasteiger partial charge is 0.163 e. The minimum absolute atomic E-state index is 0.825. The molecule has 0 aliphatic heterocycles. The van der Waals surface area contributed by atoms with Crippen LogP contribution >= 0.6 is 0 Å². The lowest BCUT2D eigenvalue weighted by Gasteiger charge is -2.02. The first-order valence-electron chi connectivity index (χ1n) is 13.2. The van der Waals surface area contributed by atoms with Gasteiger partial charge >= 0.3 is 0 Å². The van der Waals surface area contributed by atoms with Gasteiger partial charge in [-0.2, -0.15) is 23.7 Å². The highest BCUT2D eigenvalue weighted by atomic mass is 15.5. The van der Waals surface area contributed by atoms with E-state index in [1.807, 2.05) is 49.9 Å². The van der Waals surface area contributed by atoms with Crippen molar-refractivity contribution >= 4 is 38.7 Å². The van der Waals surface area contributed by atoms with E-state index in [4.69, 9.17) is 15.3 Å². The standard InChI is InChI=1S/C33H21N7/c1-3-11-22(12-4-1)26-19-31-38-32(20-27(34-38)23-13-5-2-6-14-23)40-33(39(31)35-26)21-30(36-40)37-28-17-9-7-15-24(28)25-16-8-10-18-29(25)37/h1-21H. The van der Waals surface area contributed by atoms with Crippen molar-refractivity contribution in [2.24, 2.45) is 0 Å². The lowest BCUT2D eigenvalue weighted by Crippen LogP contribution is -2.05. The van der Waals surface area contributed by atoms with Crippen LogP contribution in [0.4, 0.5) is 0 Å². The van der Waals surface area contributed by atoms with E-state index in [0.29, 0.717) is 0 Å². The number of fused-ring (bicyclic) bond motifs is 9. The second kappa shape index (κ2) is 7.91. The quantitative estimate of drug-likeness (QED) is 0.253. The molecule has 0 radical (unpaired) electrons. The number of benzene rings is 4. The maximum Gasteiger partial charge on any atom is 0.163 e. The van der Waals surface area contributed by atoms with Crippen LogP contribution < -0.4 is 0 Å². The Balaban J connectivity index is 1.40. The number of nitrogens with zero attached hydrogens (tertiary/aromatic N) is 7. The number of para-hydroxylation sites is 2. The molecule has 5 aromatic heterocycles. The average molecular weight is 516 g/mol. The minimum atomic E-state index is 0.825. The van der Waals surface area contributed by atoms with Gasteiger partial charge in [0, 0.05) is 40.1 Å². The Morgan fingerprint density at radius 1 is 0.400 bits per heavy atom. The Kier molecular flexibility index (Phi) is 4.20. The summed E-state index contributed by atoms with van der Waals surface area (Å²) in [6.07, 6.45) is 0. The summed E-state index contributed by atoms with van der Waals surface area (Å²) in [7, 11) is 0. The Morgan fingerprint density at radius 2 is 0.825 bits per heavy atom. The minimum Gasteiger partial charge on any atom is -0.292 e. The number of hydrogen-bond donors (Lipinski definition) is 0. The van der Waals surface area contributed by atoms with Crippen molar-refractivity contribution in [1.29, 1.82) is 0 Å². The molecule has 0 aliphatic carbocycles. The fraction of sp³-hybridized carbons (Fsp3) is 0. The molecule has 7 nitrogen and oxygen atoms in total. The van der Waals surface area contributed by atoms with Gasteiger partial charge in [-0.25, -0.2) is 0 Å². The van der Waals surface area contributed by atoms with Crippen LogP contribution in [0, 0.1) is 0 Å². The first-order valence-corrected chi connectivity index (χ1v) is 13.2. The SMILES string of the molecule is c1ccc(-c2cc3n(n2)c2cc(-c4ccccc4)nn2c2cc(-n4c5ccccc5c5ccccc54)nn32)cc1. The molecule has 0 fully saturated rings. The fourth-order valence-electron chi connectivity index (χ4n) is 5.84. The molecule has 9 rings (SSSR count). The predicted octanol–water partition coefficient (Wildman–Crippen LogP) is 7.06. The van der Waals surface area contributed by atoms with Gasteiger partial charge in [0.05, 0.1) is 22.4 Å². The highest BCUT2D eigenvalue weighted by Crippen LogP contribution is 2.33. The summed E-state index contributed by atoms with van der Waals surface area (Å²) in [6, 6.07) is 43.7. The van der Waals surface area contributed by atoms with Gasteiger partial charge in [-0.05, 0) is 12.1 Å². The third-order valence-corrected chi connectivity index (χ3v) is 7.66. The van der Waals surface area contributed by atoms with Crippen molar-refractivity contribution < 1.29 is 0 Å². The maximum absolute atomic E-state index is 5.18. The molecule has 5 heterocycles. The summed E-state index contributed by atoms with van der Waals surface area (Å²) >= 11 is 0. The third kappa shape index (κ3) is 2.91. The van der Waals surface area contributed by atoms with Crippen LogP contribution in [0.3, 0.4) is 0 Å². The third-order valence-electron chi connectivity index (χ3n) is 7.66. The molecule has 188 valence electrons. The van der Waals surface area contributed by atoms with E-state index >= 15 is 0 Å². The van der Waals surface area contributed by atoms with E-state index in [1.165, 1.54) is 10.8 Å². The molecule has 0 aliphatic rings. The number of rotatable bonds is 3. The van der Waals surface area contributed by atoms with Crippen LogP contribution in [0.1, 0.15) is 0 Å². The highest BCUT2D eigenvalue weighted by molar-refractivity contribution is 6.09. The Bertz CT molecular complexity index is 2210. The summed E-state index contributed by atoms with van der Waals surface area (Å²) in [4.78, 5) is 0. The molecule has 0 bridgehead atoms. The van der Waals surface area contributed by atoms with Gasteiger partial charge in [-0.15, -0.1) is 5.10 Å². The zero-order valence-electron chi connectivity index (χ0n) is 21.3. The molecule has 0 amide bonds. The van der Waals surface area contributed by atoms with Crippen molar-refractivity contribution in [3.63, 3.8) is 0 Å². The van der Waals surface area contributed by atoms with Crippen LogP contribution in [0.25, 0.3) is 67.1 Å². The van der Waals surface area contributed by atoms with E-state index in [-0.39, 0.29) is 0 Å². The van der Waals surface area contributed by atoms with Gasteiger partial charge in [0.25, 0.3) is 0 Å². The zero-order chi connectivity index (χ0) is 26.2. The summed E-state index contributed by atoms with van der Waals surface area (Å²) < 4.78 is 8.07. The van der Waals surface area contributed by atoms with Gasteiger partial charge in [-0.3, -0.25) is 4.57 Å². The van der Waals surface area contributed by atoms with Gasteiger partial charge in [-0.1, -0.05) is 97.1 Å². The van der Waals surface area contributed by atoms with Crippen LogP contribution in [0.2, 0.25) is 0 Å². The van der Waals surface area contributed by atoms with Crippen LogP contribution in [-0.4, -0.2) is 33.4 Å². The Morgan fingerprint density at radius 3 is 1.35 bits per heavy atom. The largest absolute Gasteiger partial charge is 0.292 e. The number of hydrogen-bond acceptors (Lipinski definition) is 3. The molecule has 0 unspecified atom stereocenters. The van der Waals surface area contributed by atoms with Gasteiger partial charge < -0.3 is 0 Å². The summed E-state index contributed by atoms with van der Waals surface area (Å²) in [5, 5.41) is 17.7. The van der Waals surface area contributed by atoms with Gasteiger partial charge in [0.2, 0.25) is 0 Å². The molecule has 40 heavy (non-hydrogen) atoms. The van der Waals surface area contributed by atoms with E-state index in [9.17, 15) is 0 Å². The van der Waals surface area contributed by atoms with Crippen LogP contribution in [-0.2, 0) is 0 Å². The molecule has 7 heteroatoms. The lowest BCUT2D eigenvalue weighted by atomic mass is 10.2. The van der Waals surface area contributed by atoms with E-state index in [2.05, 4.69) is 95.6 Å². The topological polar surface area (TPSA) is 56.8 Å². The van der Waals surface area contributed by atoms with E-state index in [1.54, 1.807) is 0 Å². The highest BCUT2D eigenvalue weighted by Gasteiger charge is 2.20. The molecule has 0 spiro atoms. The Hall–Kier alpha value is -5.69. The first kappa shape index (κ1) is 21.3. The second-order valence-electron chi connectivity index (χ2n) is 9.97. The average Bonchev–Trinajstić information content (AvgIpc) is 3.80. The van der Waals surface area contributed by atoms with Crippen LogP contribution in [0.5, 0.6) is 0 Å².